The van der Waals surface area contributed by atoms with E-state index in [0.717, 1.165) is 19.3 Å². The largest absolute Gasteiger partial charge is 0.453 e. The Morgan fingerprint density at radius 1 is 1.11 bits per heavy atom. The SMILES string of the molecule is COC(=O)N[C@H](C(=O)Nc1cccc(F)c1CC[C@H]1CN[C@@H]2CCCS(=O)(=O)N1C2)[C@@H](c1ccc(F)cc1)C1CCCCO1. The van der Waals surface area contributed by atoms with Gasteiger partial charge in [0.2, 0.25) is 15.9 Å². The van der Waals surface area contributed by atoms with Crippen LogP contribution in [0.2, 0.25) is 0 Å². The molecular formula is C31H40F2N4O6S. The fourth-order valence-electron chi connectivity index (χ4n) is 6.56. The molecule has 240 valence electrons. The highest BCUT2D eigenvalue weighted by Crippen LogP contribution is 2.33. The van der Waals surface area contributed by atoms with E-state index in [4.69, 9.17) is 9.47 Å². The minimum atomic E-state index is -3.42. The minimum Gasteiger partial charge on any atom is -0.453 e. The van der Waals surface area contributed by atoms with Crippen LogP contribution in [0.5, 0.6) is 0 Å². The van der Waals surface area contributed by atoms with Gasteiger partial charge >= 0.3 is 6.09 Å². The third kappa shape index (κ3) is 7.56. The van der Waals surface area contributed by atoms with Crippen LogP contribution in [0.3, 0.4) is 0 Å². The fraction of sp³-hybridized carbons (Fsp3) is 0.548. The molecule has 3 aliphatic rings. The number of methoxy groups -OCH3 is 1. The first-order valence-corrected chi connectivity index (χ1v) is 16.8. The van der Waals surface area contributed by atoms with E-state index in [2.05, 4.69) is 16.0 Å². The summed E-state index contributed by atoms with van der Waals surface area (Å²) in [6.45, 7) is 1.33. The Hall–Kier alpha value is -3.13. The van der Waals surface area contributed by atoms with Gasteiger partial charge < -0.3 is 25.4 Å². The number of halogens is 2. The van der Waals surface area contributed by atoms with Crippen LogP contribution in [0.15, 0.2) is 42.5 Å². The number of carbonyl (C=O) groups excluding carboxylic acids is 2. The van der Waals surface area contributed by atoms with Gasteiger partial charge in [0.15, 0.2) is 0 Å². The molecule has 2 aromatic rings. The maximum atomic E-state index is 15.3. The van der Waals surface area contributed by atoms with Crippen molar-refractivity contribution in [2.24, 2.45) is 0 Å². The van der Waals surface area contributed by atoms with Gasteiger partial charge in [-0.25, -0.2) is 22.0 Å². The molecule has 3 N–H and O–H groups in total. The molecule has 5 rings (SSSR count). The number of hydrogen-bond donors (Lipinski definition) is 3. The Kier molecular flexibility index (Phi) is 10.5. The Morgan fingerprint density at radius 2 is 1.91 bits per heavy atom. The molecular weight excluding hydrogens is 594 g/mol. The summed E-state index contributed by atoms with van der Waals surface area (Å²) in [4.78, 5) is 26.5. The van der Waals surface area contributed by atoms with Crippen molar-refractivity contribution in [3.8, 4) is 0 Å². The molecule has 0 aliphatic carbocycles. The first-order chi connectivity index (χ1) is 21.2. The van der Waals surface area contributed by atoms with Crippen LogP contribution in [0.25, 0.3) is 0 Å². The van der Waals surface area contributed by atoms with E-state index in [1.165, 1.54) is 31.4 Å². The van der Waals surface area contributed by atoms with Gasteiger partial charge in [0.25, 0.3) is 0 Å². The lowest BCUT2D eigenvalue weighted by Gasteiger charge is -2.37. The molecule has 3 heterocycles. The van der Waals surface area contributed by atoms with Crippen LogP contribution in [0.4, 0.5) is 19.3 Å². The molecule has 0 saturated carbocycles. The highest BCUT2D eigenvalue weighted by molar-refractivity contribution is 7.89. The third-order valence-electron chi connectivity index (χ3n) is 8.84. The normalized spacial score (nSPS) is 26.1. The van der Waals surface area contributed by atoms with E-state index in [0.29, 0.717) is 44.5 Å². The summed E-state index contributed by atoms with van der Waals surface area (Å²) in [6.07, 6.45) is 2.95. The molecule has 0 aromatic heterocycles. The second-order valence-corrected chi connectivity index (χ2v) is 13.7. The van der Waals surface area contributed by atoms with Gasteiger partial charge in [0, 0.05) is 48.9 Å². The summed E-state index contributed by atoms with van der Waals surface area (Å²) in [7, 11) is -2.23. The van der Waals surface area contributed by atoms with E-state index in [9.17, 15) is 22.4 Å². The summed E-state index contributed by atoms with van der Waals surface area (Å²) < 4.78 is 67.4. The number of nitrogens with zero attached hydrogens (tertiary/aromatic N) is 1. The number of anilines is 1. The summed E-state index contributed by atoms with van der Waals surface area (Å²) in [5.74, 6) is -2.20. The van der Waals surface area contributed by atoms with Crippen LogP contribution in [-0.2, 0) is 30.7 Å². The number of fused-ring (bicyclic) bond motifs is 2. The molecule has 3 saturated heterocycles. The lowest BCUT2D eigenvalue weighted by molar-refractivity contribution is -0.120. The molecule has 3 fully saturated rings. The van der Waals surface area contributed by atoms with E-state index < -0.39 is 51.7 Å². The number of carbonyl (C=O) groups is 2. The monoisotopic (exact) mass is 634 g/mol. The van der Waals surface area contributed by atoms with Gasteiger partial charge in [-0.3, -0.25) is 4.79 Å². The number of rotatable bonds is 9. The van der Waals surface area contributed by atoms with Crippen molar-refractivity contribution in [3.63, 3.8) is 0 Å². The highest BCUT2D eigenvalue weighted by atomic mass is 32.2. The summed E-state index contributed by atoms with van der Waals surface area (Å²) in [5.41, 5.74) is 1.05. The molecule has 0 radical (unpaired) electrons. The average molecular weight is 635 g/mol. The van der Waals surface area contributed by atoms with Crippen LogP contribution >= 0.6 is 0 Å². The van der Waals surface area contributed by atoms with Crippen molar-refractivity contribution in [3.05, 3.63) is 65.2 Å². The molecule has 2 bridgehead atoms. The van der Waals surface area contributed by atoms with Crippen LogP contribution in [0.1, 0.15) is 55.6 Å². The maximum Gasteiger partial charge on any atom is 0.407 e. The van der Waals surface area contributed by atoms with Crippen molar-refractivity contribution in [1.82, 2.24) is 14.9 Å². The van der Waals surface area contributed by atoms with E-state index in [-0.39, 0.29) is 35.5 Å². The van der Waals surface area contributed by atoms with Crippen molar-refractivity contribution >= 4 is 27.7 Å². The number of piperazine rings is 1. The van der Waals surface area contributed by atoms with Gasteiger partial charge in [0.1, 0.15) is 17.7 Å². The number of benzene rings is 2. The number of hydrogen-bond acceptors (Lipinski definition) is 7. The number of amides is 2. The molecule has 2 unspecified atom stereocenters. The van der Waals surface area contributed by atoms with E-state index in [1.54, 1.807) is 22.5 Å². The first-order valence-electron chi connectivity index (χ1n) is 15.2. The van der Waals surface area contributed by atoms with Crippen molar-refractivity contribution < 1.29 is 36.3 Å². The predicted octanol–water partition coefficient (Wildman–Crippen LogP) is 3.68. The lowest BCUT2D eigenvalue weighted by Crippen LogP contribution is -2.57. The van der Waals surface area contributed by atoms with Crippen molar-refractivity contribution in [1.29, 1.82) is 0 Å². The minimum absolute atomic E-state index is 0.0944. The molecule has 10 nitrogen and oxygen atoms in total. The lowest BCUT2D eigenvalue weighted by atomic mass is 9.82. The number of ether oxygens (including phenoxy) is 2. The van der Waals surface area contributed by atoms with Crippen LogP contribution in [0, 0.1) is 11.6 Å². The second-order valence-electron chi connectivity index (χ2n) is 11.7. The Morgan fingerprint density at radius 3 is 2.64 bits per heavy atom. The standard InChI is InChI=1S/C31H40F2N4O6S/c1-42-31(39)36-29(28(27-9-2-3-16-43-27)20-10-12-21(32)13-11-20)30(38)35-26-8-4-7-25(33)24(26)15-14-23-18-34-22-6-5-17-44(40,41)37(23)19-22/h4,7-8,10-13,22-23,27-29,34H,2-3,5-6,9,14-19H2,1H3,(H,35,38)(H,36,39)/t22-,23+,27?,28+,29+/m1/s1. The second kappa shape index (κ2) is 14.3. The Labute approximate surface area is 256 Å². The van der Waals surface area contributed by atoms with E-state index >= 15 is 4.39 Å². The molecule has 3 aliphatic heterocycles. The zero-order chi connectivity index (χ0) is 31.3. The van der Waals surface area contributed by atoms with E-state index in [1.807, 2.05) is 0 Å². The third-order valence-corrected chi connectivity index (χ3v) is 10.8. The Balaban J connectivity index is 1.40. The summed E-state index contributed by atoms with van der Waals surface area (Å²) in [6, 6.07) is 8.60. The molecule has 0 spiro atoms. The van der Waals surface area contributed by atoms with Gasteiger partial charge in [0.05, 0.1) is 19.0 Å². The average Bonchev–Trinajstić information content (AvgIpc) is 3.13. The quantitative estimate of drug-likeness (QED) is 0.384. The molecule has 13 heteroatoms. The zero-order valence-electron chi connectivity index (χ0n) is 24.8. The maximum absolute atomic E-state index is 15.3. The zero-order valence-corrected chi connectivity index (χ0v) is 25.6. The van der Waals surface area contributed by atoms with Crippen LogP contribution < -0.4 is 16.0 Å². The number of alkyl carbamates (subject to hydrolysis) is 1. The molecule has 44 heavy (non-hydrogen) atoms. The summed E-state index contributed by atoms with van der Waals surface area (Å²) in [5, 5.41) is 8.86. The van der Waals surface area contributed by atoms with Gasteiger partial charge in [-0.1, -0.05) is 18.2 Å². The Bertz CT molecular complexity index is 1420. The predicted molar refractivity (Wildman–Crippen MR) is 161 cm³/mol. The molecule has 6 atom stereocenters. The first kappa shape index (κ1) is 32.3. The molecule has 2 amide bonds. The smallest absolute Gasteiger partial charge is 0.407 e. The summed E-state index contributed by atoms with van der Waals surface area (Å²) >= 11 is 0. The number of sulfonamides is 1. The molecule has 2 aromatic carbocycles. The van der Waals surface area contributed by atoms with Crippen LogP contribution in [-0.4, -0.2) is 81.5 Å². The highest BCUT2D eigenvalue weighted by Gasteiger charge is 2.40. The van der Waals surface area contributed by atoms with Crippen molar-refractivity contribution in [2.45, 2.75) is 75.1 Å². The van der Waals surface area contributed by atoms with Gasteiger partial charge in [-0.05, 0) is 74.8 Å². The fourth-order valence-corrected chi connectivity index (χ4v) is 8.36. The topological polar surface area (TPSA) is 126 Å². The number of nitrogens with one attached hydrogen (secondary N) is 3. The van der Waals surface area contributed by atoms with Crippen molar-refractivity contribution in [2.75, 3.05) is 37.9 Å². The van der Waals surface area contributed by atoms with Gasteiger partial charge in [-0.15, -0.1) is 0 Å². The van der Waals surface area contributed by atoms with Gasteiger partial charge in [-0.2, -0.15) is 4.31 Å².